The van der Waals surface area contributed by atoms with E-state index in [-0.39, 0.29) is 17.1 Å². The fourth-order valence-corrected chi connectivity index (χ4v) is 0.516. The maximum absolute atomic E-state index is 5.01. The first kappa shape index (κ1) is 7.44. The molecule has 0 bridgehead atoms. The van der Waals surface area contributed by atoms with Crippen LogP contribution in [0.15, 0.2) is 0 Å². The average molecular weight is 166 g/mol. The summed E-state index contributed by atoms with van der Waals surface area (Å²) in [4.78, 5) is 0. The van der Waals surface area contributed by atoms with Gasteiger partial charge in [0.2, 0.25) is 0 Å². The standard InChI is InChI=1S/C4H9NO.Se/c1-3-6-4-2-5-1;/h5H,1-4H2;. The molecule has 0 aromatic heterocycles. The van der Waals surface area contributed by atoms with Crippen LogP contribution in [0, 0.1) is 0 Å². The minimum absolute atomic E-state index is 0. The van der Waals surface area contributed by atoms with Gasteiger partial charge in [-0.3, -0.25) is 0 Å². The van der Waals surface area contributed by atoms with E-state index >= 15 is 0 Å². The van der Waals surface area contributed by atoms with E-state index in [2.05, 4.69) is 5.32 Å². The zero-order valence-electron chi connectivity index (χ0n) is 4.14. The Labute approximate surface area is 54.1 Å². The molecule has 1 aliphatic rings. The molecule has 42 valence electrons. The molecule has 7 heavy (non-hydrogen) atoms. The summed E-state index contributed by atoms with van der Waals surface area (Å²) in [6, 6.07) is 0. The van der Waals surface area contributed by atoms with Crippen molar-refractivity contribution in [3.8, 4) is 0 Å². The molecule has 0 aliphatic carbocycles. The fourth-order valence-electron chi connectivity index (χ4n) is 0.516. The largest absolute Gasteiger partial charge is 0.379 e. The van der Waals surface area contributed by atoms with Crippen LogP contribution in [0.25, 0.3) is 0 Å². The number of morpholine rings is 1. The van der Waals surface area contributed by atoms with Crippen LogP contribution < -0.4 is 5.32 Å². The third kappa shape index (κ3) is 3.06. The Hall–Kier alpha value is 0.439. The van der Waals surface area contributed by atoms with E-state index in [1.165, 1.54) is 0 Å². The van der Waals surface area contributed by atoms with Crippen LogP contribution in [0.3, 0.4) is 0 Å². The minimum Gasteiger partial charge on any atom is -0.379 e. The molecule has 1 N–H and O–H groups in total. The number of hydrogen-bond donors (Lipinski definition) is 1. The van der Waals surface area contributed by atoms with E-state index in [1.54, 1.807) is 0 Å². The summed E-state index contributed by atoms with van der Waals surface area (Å²) in [5.74, 6) is 0. The SMILES string of the molecule is C1COCCN1.[Se]. The molecule has 2 radical (unpaired) electrons. The summed E-state index contributed by atoms with van der Waals surface area (Å²) < 4.78 is 5.01. The van der Waals surface area contributed by atoms with Gasteiger partial charge in [-0.05, 0) is 0 Å². The molecule has 1 heterocycles. The quantitative estimate of drug-likeness (QED) is 0.477. The second-order valence-electron chi connectivity index (χ2n) is 1.36. The predicted octanol–water partition coefficient (Wildman–Crippen LogP) is -0.775. The van der Waals surface area contributed by atoms with E-state index in [0.717, 1.165) is 26.3 Å². The normalized spacial score (nSPS) is 20.6. The smallest absolute Gasteiger partial charge is 0.0591 e. The van der Waals surface area contributed by atoms with Crippen LogP contribution in [0.4, 0.5) is 0 Å². The molecule has 1 aliphatic heterocycles. The monoisotopic (exact) mass is 167 g/mol. The molecule has 0 aromatic rings. The van der Waals surface area contributed by atoms with Crippen LogP contribution in [0.1, 0.15) is 0 Å². The molecule has 0 spiro atoms. The van der Waals surface area contributed by atoms with Crippen molar-refractivity contribution >= 4 is 17.1 Å². The van der Waals surface area contributed by atoms with E-state index < -0.39 is 0 Å². The van der Waals surface area contributed by atoms with Gasteiger partial charge < -0.3 is 10.1 Å². The van der Waals surface area contributed by atoms with Crippen LogP contribution in [0.2, 0.25) is 0 Å². The Morgan fingerprint density at radius 3 is 1.86 bits per heavy atom. The second-order valence-corrected chi connectivity index (χ2v) is 1.36. The molecule has 0 saturated carbocycles. The Kier molecular flexibility index (Phi) is 4.88. The first-order valence-corrected chi connectivity index (χ1v) is 2.28. The topological polar surface area (TPSA) is 21.3 Å². The molecule has 1 saturated heterocycles. The molecule has 1 fully saturated rings. The Bertz CT molecular complexity index is 27.2. The van der Waals surface area contributed by atoms with Crippen molar-refractivity contribution in [1.29, 1.82) is 0 Å². The van der Waals surface area contributed by atoms with Crippen molar-refractivity contribution in [3.63, 3.8) is 0 Å². The van der Waals surface area contributed by atoms with Gasteiger partial charge in [0.1, 0.15) is 0 Å². The number of ether oxygens (including phenoxy) is 1. The van der Waals surface area contributed by atoms with Crippen LogP contribution in [-0.2, 0) is 4.74 Å². The van der Waals surface area contributed by atoms with Crippen molar-refractivity contribution in [3.05, 3.63) is 0 Å². The maximum atomic E-state index is 5.01. The molecule has 0 aromatic carbocycles. The first-order valence-electron chi connectivity index (χ1n) is 2.28. The van der Waals surface area contributed by atoms with Gasteiger partial charge in [-0.25, -0.2) is 0 Å². The van der Waals surface area contributed by atoms with Gasteiger partial charge >= 0.3 is 0 Å². The molecular formula is C4H9NOSe. The van der Waals surface area contributed by atoms with Gasteiger partial charge in [0, 0.05) is 30.2 Å². The summed E-state index contributed by atoms with van der Waals surface area (Å²) in [5, 5.41) is 3.16. The van der Waals surface area contributed by atoms with Crippen molar-refractivity contribution in [2.45, 2.75) is 0 Å². The van der Waals surface area contributed by atoms with Crippen LogP contribution in [0.5, 0.6) is 0 Å². The van der Waals surface area contributed by atoms with Gasteiger partial charge in [-0.1, -0.05) is 0 Å². The van der Waals surface area contributed by atoms with Crippen molar-refractivity contribution in [2.24, 2.45) is 0 Å². The van der Waals surface area contributed by atoms with E-state index in [9.17, 15) is 0 Å². The van der Waals surface area contributed by atoms with Gasteiger partial charge in [0.15, 0.2) is 0 Å². The van der Waals surface area contributed by atoms with Crippen molar-refractivity contribution in [1.82, 2.24) is 5.32 Å². The summed E-state index contributed by atoms with van der Waals surface area (Å²) in [6.07, 6.45) is 0. The Morgan fingerprint density at radius 1 is 1.14 bits per heavy atom. The Balaban J connectivity index is 0.000000360. The molecule has 0 unspecified atom stereocenters. The molecule has 1 rings (SSSR count). The zero-order chi connectivity index (χ0) is 4.24. The number of hydrogen-bond acceptors (Lipinski definition) is 2. The van der Waals surface area contributed by atoms with Crippen LogP contribution in [-0.4, -0.2) is 43.4 Å². The van der Waals surface area contributed by atoms with Gasteiger partial charge in [0.25, 0.3) is 0 Å². The zero-order valence-corrected chi connectivity index (χ0v) is 5.86. The predicted molar refractivity (Wildman–Crippen MR) is 29.4 cm³/mol. The molecule has 0 amide bonds. The first-order chi connectivity index (χ1) is 3.00. The van der Waals surface area contributed by atoms with E-state index in [4.69, 9.17) is 4.74 Å². The van der Waals surface area contributed by atoms with Gasteiger partial charge in [-0.15, -0.1) is 0 Å². The fraction of sp³-hybridized carbons (Fsp3) is 1.00. The van der Waals surface area contributed by atoms with Gasteiger partial charge in [-0.2, -0.15) is 0 Å². The second kappa shape index (κ2) is 4.59. The van der Waals surface area contributed by atoms with E-state index in [1.807, 2.05) is 0 Å². The summed E-state index contributed by atoms with van der Waals surface area (Å²) >= 11 is 0. The molecule has 3 heteroatoms. The summed E-state index contributed by atoms with van der Waals surface area (Å²) in [7, 11) is 0. The number of rotatable bonds is 0. The number of nitrogens with one attached hydrogen (secondary N) is 1. The average Bonchev–Trinajstić information content (AvgIpc) is 1.72. The summed E-state index contributed by atoms with van der Waals surface area (Å²) in [5.41, 5.74) is 0. The summed E-state index contributed by atoms with van der Waals surface area (Å²) in [6.45, 7) is 3.83. The third-order valence-corrected chi connectivity index (χ3v) is 0.846. The molecular weight excluding hydrogens is 157 g/mol. The maximum Gasteiger partial charge on any atom is 0.0591 e. The third-order valence-electron chi connectivity index (χ3n) is 0.846. The Morgan fingerprint density at radius 2 is 1.71 bits per heavy atom. The minimum atomic E-state index is 0. The van der Waals surface area contributed by atoms with Crippen molar-refractivity contribution < 1.29 is 4.74 Å². The van der Waals surface area contributed by atoms with Crippen molar-refractivity contribution in [2.75, 3.05) is 26.3 Å². The van der Waals surface area contributed by atoms with E-state index in [0.29, 0.717) is 0 Å². The molecule has 2 nitrogen and oxygen atoms in total. The molecule has 0 atom stereocenters. The van der Waals surface area contributed by atoms with Gasteiger partial charge in [0.05, 0.1) is 13.2 Å². The van der Waals surface area contributed by atoms with Crippen LogP contribution >= 0.6 is 0 Å².